The number of fused-ring (bicyclic) bond motifs is 1. The molecule has 3 atom stereocenters. The summed E-state index contributed by atoms with van der Waals surface area (Å²) in [5, 5.41) is 0. The summed E-state index contributed by atoms with van der Waals surface area (Å²) >= 11 is 0. The number of hydrogen-bond acceptors (Lipinski definition) is 4. The van der Waals surface area contributed by atoms with Crippen LogP contribution in [0.2, 0.25) is 0 Å². The van der Waals surface area contributed by atoms with E-state index >= 15 is 0 Å². The third-order valence-electron chi connectivity index (χ3n) is 5.15. The van der Waals surface area contributed by atoms with Crippen LogP contribution in [0.4, 0.5) is 0 Å². The van der Waals surface area contributed by atoms with Crippen molar-refractivity contribution in [2.45, 2.75) is 39.3 Å². The maximum Gasteiger partial charge on any atom is 0.159 e. The van der Waals surface area contributed by atoms with Gasteiger partial charge in [-0.05, 0) is 56.7 Å². The molecule has 0 spiro atoms. The minimum Gasteiger partial charge on any atom is -0.494 e. The van der Waals surface area contributed by atoms with Crippen LogP contribution in [-0.2, 0) is 6.54 Å². The predicted octanol–water partition coefficient (Wildman–Crippen LogP) is 2.46. The van der Waals surface area contributed by atoms with Gasteiger partial charge < -0.3 is 10.5 Å². The van der Waals surface area contributed by atoms with Crippen LogP contribution in [0.3, 0.4) is 0 Å². The van der Waals surface area contributed by atoms with Crippen molar-refractivity contribution in [2.24, 2.45) is 17.6 Å². The number of ether oxygens (including phenoxy) is 1. The molecule has 1 saturated heterocycles. The third kappa shape index (κ3) is 3.03. The van der Waals surface area contributed by atoms with E-state index in [0.29, 0.717) is 18.6 Å². The van der Waals surface area contributed by atoms with E-state index in [1.54, 1.807) is 6.92 Å². The van der Waals surface area contributed by atoms with Crippen LogP contribution in [0, 0.1) is 11.8 Å². The maximum absolute atomic E-state index is 11.6. The number of rotatable bonds is 5. The van der Waals surface area contributed by atoms with Crippen LogP contribution in [0.5, 0.6) is 5.75 Å². The maximum atomic E-state index is 11.6. The zero-order valence-electron chi connectivity index (χ0n) is 13.5. The highest BCUT2D eigenvalue weighted by atomic mass is 16.5. The lowest BCUT2D eigenvalue weighted by Crippen LogP contribution is -2.30. The topological polar surface area (TPSA) is 55.6 Å². The number of Topliss-reactive ketones (excluding diaryl/α,β-unsaturated/α-hetero) is 1. The Hall–Kier alpha value is -1.39. The van der Waals surface area contributed by atoms with Gasteiger partial charge in [0.05, 0.1) is 6.61 Å². The average molecular weight is 302 g/mol. The van der Waals surface area contributed by atoms with E-state index < -0.39 is 0 Å². The quantitative estimate of drug-likeness (QED) is 0.849. The molecule has 0 radical (unpaired) electrons. The van der Waals surface area contributed by atoms with Crippen molar-refractivity contribution in [1.29, 1.82) is 0 Å². The first-order chi connectivity index (χ1) is 10.6. The molecule has 1 saturated carbocycles. The molecule has 4 nitrogen and oxygen atoms in total. The molecule has 1 aromatic carbocycles. The van der Waals surface area contributed by atoms with E-state index in [9.17, 15) is 4.79 Å². The van der Waals surface area contributed by atoms with Gasteiger partial charge in [-0.2, -0.15) is 0 Å². The van der Waals surface area contributed by atoms with Gasteiger partial charge in [-0.3, -0.25) is 9.69 Å². The summed E-state index contributed by atoms with van der Waals surface area (Å²) in [7, 11) is 0. The molecule has 1 aliphatic carbocycles. The van der Waals surface area contributed by atoms with E-state index in [0.717, 1.165) is 42.4 Å². The fourth-order valence-corrected chi connectivity index (χ4v) is 3.99. The van der Waals surface area contributed by atoms with Crippen molar-refractivity contribution in [3.63, 3.8) is 0 Å². The molecule has 2 aliphatic rings. The smallest absolute Gasteiger partial charge is 0.159 e. The zero-order valence-corrected chi connectivity index (χ0v) is 13.5. The number of carbonyl (C=O) groups excluding carboxylic acids is 1. The molecule has 3 rings (SSSR count). The lowest BCUT2D eigenvalue weighted by Gasteiger charge is -2.20. The SMILES string of the molecule is CCOc1ccc(C(C)=O)cc1CN1CC2CCC(N)C2C1. The Balaban J connectivity index is 1.76. The summed E-state index contributed by atoms with van der Waals surface area (Å²) in [6.45, 7) is 7.27. The molecule has 4 heteroatoms. The number of carbonyl (C=O) groups is 1. The van der Waals surface area contributed by atoms with Crippen LogP contribution in [-0.4, -0.2) is 36.4 Å². The average Bonchev–Trinajstić information content (AvgIpc) is 3.03. The molecule has 1 aliphatic heterocycles. The van der Waals surface area contributed by atoms with Gasteiger partial charge in [-0.1, -0.05) is 0 Å². The molecular weight excluding hydrogens is 276 g/mol. The lowest BCUT2D eigenvalue weighted by atomic mass is 9.98. The summed E-state index contributed by atoms with van der Waals surface area (Å²) in [6.07, 6.45) is 2.43. The van der Waals surface area contributed by atoms with E-state index in [1.165, 1.54) is 12.8 Å². The van der Waals surface area contributed by atoms with Crippen LogP contribution in [0.1, 0.15) is 42.6 Å². The van der Waals surface area contributed by atoms with Gasteiger partial charge in [-0.15, -0.1) is 0 Å². The van der Waals surface area contributed by atoms with Gasteiger partial charge in [0.25, 0.3) is 0 Å². The van der Waals surface area contributed by atoms with E-state index in [2.05, 4.69) is 4.90 Å². The first kappa shape index (κ1) is 15.5. The Morgan fingerprint density at radius 2 is 2.18 bits per heavy atom. The Bertz CT molecular complexity index is 558. The third-order valence-corrected chi connectivity index (χ3v) is 5.15. The van der Waals surface area contributed by atoms with Crippen molar-refractivity contribution >= 4 is 5.78 Å². The summed E-state index contributed by atoms with van der Waals surface area (Å²) < 4.78 is 5.73. The number of hydrogen-bond donors (Lipinski definition) is 1. The summed E-state index contributed by atoms with van der Waals surface area (Å²) in [5.74, 6) is 2.39. The Morgan fingerprint density at radius 1 is 1.36 bits per heavy atom. The lowest BCUT2D eigenvalue weighted by molar-refractivity contribution is 0.101. The number of likely N-dealkylation sites (tertiary alicyclic amines) is 1. The molecule has 22 heavy (non-hydrogen) atoms. The minimum atomic E-state index is 0.101. The van der Waals surface area contributed by atoms with Gasteiger partial charge in [0.1, 0.15) is 5.75 Å². The Morgan fingerprint density at radius 3 is 2.86 bits per heavy atom. The standard InChI is InChI=1S/C18H26N2O2/c1-3-22-18-7-5-13(12(2)21)8-15(18)10-20-9-14-4-6-17(19)16(14)11-20/h5,7-8,14,16-17H,3-4,6,9-11,19H2,1-2H3. The van der Waals surface area contributed by atoms with Gasteiger partial charge >= 0.3 is 0 Å². The van der Waals surface area contributed by atoms with Crippen LogP contribution >= 0.6 is 0 Å². The fraction of sp³-hybridized carbons (Fsp3) is 0.611. The minimum absolute atomic E-state index is 0.101. The number of nitrogens with two attached hydrogens (primary N) is 1. The van der Waals surface area contributed by atoms with E-state index in [4.69, 9.17) is 10.5 Å². The molecule has 3 unspecified atom stereocenters. The molecule has 0 amide bonds. The van der Waals surface area contributed by atoms with Crippen LogP contribution in [0.25, 0.3) is 0 Å². The molecule has 120 valence electrons. The van der Waals surface area contributed by atoms with Crippen molar-refractivity contribution in [3.05, 3.63) is 29.3 Å². The summed E-state index contributed by atoms with van der Waals surface area (Å²) in [4.78, 5) is 14.1. The highest BCUT2D eigenvalue weighted by Gasteiger charge is 2.40. The van der Waals surface area contributed by atoms with E-state index in [1.807, 2.05) is 25.1 Å². The Labute approximate surface area is 132 Å². The van der Waals surface area contributed by atoms with Crippen molar-refractivity contribution in [1.82, 2.24) is 4.90 Å². The van der Waals surface area contributed by atoms with Crippen molar-refractivity contribution < 1.29 is 9.53 Å². The number of ketones is 1. The molecule has 2 fully saturated rings. The second-order valence-electron chi connectivity index (χ2n) is 6.67. The van der Waals surface area contributed by atoms with Gasteiger partial charge in [0.15, 0.2) is 5.78 Å². The first-order valence-corrected chi connectivity index (χ1v) is 8.33. The number of benzene rings is 1. The van der Waals surface area contributed by atoms with Gasteiger partial charge in [0.2, 0.25) is 0 Å². The highest BCUT2D eigenvalue weighted by Crippen LogP contribution is 2.38. The molecule has 1 aromatic rings. The van der Waals surface area contributed by atoms with Crippen LogP contribution < -0.4 is 10.5 Å². The summed E-state index contributed by atoms with van der Waals surface area (Å²) in [6, 6.07) is 6.13. The molecule has 1 heterocycles. The Kier molecular flexibility index (Phi) is 4.50. The van der Waals surface area contributed by atoms with Gasteiger partial charge in [-0.25, -0.2) is 0 Å². The van der Waals surface area contributed by atoms with Gasteiger partial charge in [0, 0.05) is 36.8 Å². The first-order valence-electron chi connectivity index (χ1n) is 8.33. The fourth-order valence-electron chi connectivity index (χ4n) is 3.99. The molecular formula is C18H26N2O2. The van der Waals surface area contributed by atoms with Crippen molar-refractivity contribution in [2.75, 3.05) is 19.7 Å². The predicted molar refractivity (Wildman–Crippen MR) is 87.1 cm³/mol. The highest BCUT2D eigenvalue weighted by molar-refractivity contribution is 5.94. The largest absolute Gasteiger partial charge is 0.494 e. The van der Waals surface area contributed by atoms with E-state index in [-0.39, 0.29) is 5.78 Å². The molecule has 2 N–H and O–H groups in total. The zero-order chi connectivity index (χ0) is 15.7. The normalized spacial score (nSPS) is 27.9. The molecule has 0 aromatic heterocycles. The number of nitrogens with zero attached hydrogens (tertiary/aromatic N) is 1. The van der Waals surface area contributed by atoms with Crippen molar-refractivity contribution in [3.8, 4) is 5.75 Å². The monoisotopic (exact) mass is 302 g/mol. The van der Waals surface area contributed by atoms with Crippen LogP contribution in [0.15, 0.2) is 18.2 Å². The second kappa shape index (κ2) is 6.39. The second-order valence-corrected chi connectivity index (χ2v) is 6.67. The molecule has 0 bridgehead atoms. The summed E-state index contributed by atoms with van der Waals surface area (Å²) in [5.41, 5.74) is 8.09.